The van der Waals surface area contributed by atoms with Crippen molar-refractivity contribution in [2.24, 2.45) is 5.92 Å². The molecule has 6 unspecified atom stereocenters. The fourth-order valence-electron chi connectivity index (χ4n) is 2.44. The lowest BCUT2D eigenvalue weighted by atomic mass is 9.93. The number of aliphatic hydroxyl groups is 6. The Kier molecular flexibility index (Phi) is 18.3. The first-order valence-corrected chi connectivity index (χ1v) is 8.32. The van der Waals surface area contributed by atoms with Gasteiger partial charge in [-0.05, 0) is 19.3 Å². The van der Waals surface area contributed by atoms with Crippen molar-refractivity contribution in [3.63, 3.8) is 0 Å². The largest absolute Gasteiger partial charge is 0.400 e. The Bertz CT molecular complexity index is 254. The molecular weight excluding hydrogens is 336 g/mol. The maximum Gasteiger partial charge on any atom is 0.162 e. The number of aliphatic hydroxyl groups excluding tert-OH is 6. The van der Waals surface area contributed by atoms with Crippen LogP contribution in [0.25, 0.3) is 0 Å². The third kappa shape index (κ3) is 9.78. The standard InChI is InChI=1S/C8H16O5.C6H12O2.2CH4O/c1-4-6(10)7(11)5(3-9)13-8(4)12-2;7-5-6-3-1-2-4-8-6;2*1-2/h4-11H,3H2,1-2H3;6-7H,1-5H2;2*2H,1H3. The summed E-state index contributed by atoms with van der Waals surface area (Å²) in [4.78, 5) is 0. The predicted molar refractivity (Wildman–Crippen MR) is 90.9 cm³/mol. The van der Waals surface area contributed by atoms with Gasteiger partial charge >= 0.3 is 0 Å². The van der Waals surface area contributed by atoms with E-state index in [0.717, 1.165) is 33.7 Å². The van der Waals surface area contributed by atoms with Gasteiger partial charge in [0, 0.05) is 33.9 Å². The summed E-state index contributed by atoms with van der Waals surface area (Å²) in [5.74, 6) is -0.303. The first-order valence-electron chi connectivity index (χ1n) is 8.32. The van der Waals surface area contributed by atoms with E-state index in [9.17, 15) is 10.2 Å². The van der Waals surface area contributed by atoms with E-state index in [2.05, 4.69) is 0 Å². The van der Waals surface area contributed by atoms with E-state index in [1.54, 1.807) is 6.92 Å². The van der Waals surface area contributed by atoms with Gasteiger partial charge in [-0.1, -0.05) is 6.92 Å². The second-order valence-electron chi connectivity index (χ2n) is 5.47. The summed E-state index contributed by atoms with van der Waals surface area (Å²) < 4.78 is 15.3. The molecule has 6 N–H and O–H groups in total. The van der Waals surface area contributed by atoms with Crippen LogP contribution in [-0.4, -0.2) is 102 Å². The van der Waals surface area contributed by atoms with Crippen molar-refractivity contribution in [2.45, 2.75) is 56.9 Å². The second kappa shape index (κ2) is 17.1. The molecule has 2 heterocycles. The lowest BCUT2D eigenvalue weighted by Gasteiger charge is -2.40. The Balaban J connectivity index is 0. The summed E-state index contributed by atoms with van der Waals surface area (Å²) in [6.45, 7) is 2.42. The minimum Gasteiger partial charge on any atom is -0.400 e. The highest BCUT2D eigenvalue weighted by Gasteiger charge is 2.41. The molecule has 2 saturated heterocycles. The van der Waals surface area contributed by atoms with Crippen molar-refractivity contribution in [1.82, 2.24) is 0 Å². The van der Waals surface area contributed by atoms with Crippen molar-refractivity contribution >= 4 is 0 Å². The number of hydrogen-bond donors (Lipinski definition) is 6. The van der Waals surface area contributed by atoms with Gasteiger partial charge < -0.3 is 44.8 Å². The van der Waals surface area contributed by atoms with Gasteiger partial charge in [0.15, 0.2) is 6.29 Å². The Hall–Kier alpha value is -0.360. The number of methoxy groups -OCH3 is 1. The van der Waals surface area contributed by atoms with Crippen LogP contribution in [-0.2, 0) is 14.2 Å². The molecule has 25 heavy (non-hydrogen) atoms. The van der Waals surface area contributed by atoms with Crippen LogP contribution in [0.1, 0.15) is 26.2 Å². The average Bonchev–Trinajstić information content (AvgIpc) is 2.70. The highest BCUT2D eigenvalue weighted by molar-refractivity contribution is 4.86. The molecule has 0 aliphatic carbocycles. The Morgan fingerprint density at radius 1 is 0.960 bits per heavy atom. The quantitative estimate of drug-likeness (QED) is 0.347. The minimum absolute atomic E-state index is 0.142. The van der Waals surface area contributed by atoms with Gasteiger partial charge in [0.1, 0.15) is 12.2 Å². The van der Waals surface area contributed by atoms with Crippen LogP contribution in [0.4, 0.5) is 0 Å². The lowest BCUT2D eigenvalue weighted by Crippen LogP contribution is -2.55. The fourth-order valence-corrected chi connectivity index (χ4v) is 2.44. The fraction of sp³-hybridized carbons (Fsp3) is 1.00. The van der Waals surface area contributed by atoms with Gasteiger partial charge in [-0.2, -0.15) is 0 Å². The van der Waals surface area contributed by atoms with Gasteiger partial charge in [0.2, 0.25) is 0 Å². The van der Waals surface area contributed by atoms with Crippen molar-refractivity contribution in [2.75, 3.05) is 41.2 Å². The summed E-state index contributed by atoms with van der Waals surface area (Å²) in [6.07, 6.45) is 0.246. The predicted octanol–water partition coefficient (Wildman–Crippen LogP) is -1.53. The topological polar surface area (TPSA) is 149 Å². The van der Waals surface area contributed by atoms with Crippen molar-refractivity contribution in [3.8, 4) is 0 Å². The normalized spacial score (nSPS) is 34.3. The molecule has 2 aliphatic rings. The number of rotatable bonds is 3. The zero-order valence-electron chi connectivity index (χ0n) is 15.6. The molecule has 6 atom stereocenters. The van der Waals surface area contributed by atoms with E-state index < -0.39 is 24.6 Å². The molecule has 0 aromatic heterocycles. The van der Waals surface area contributed by atoms with Crippen LogP contribution in [0.2, 0.25) is 0 Å². The molecule has 0 amide bonds. The molecule has 0 radical (unpaired) electrons. The Morgan fingerprint density at radius 3 is 1.92 bits per heavy atom. The maximum atomic E-state index is 9.53. The summed E-state index contributed by atoms with van der Waals surface area (Å²) in [6, 6.07) is 0. The molecule has 2 aliphatic heterocycles. The van der Waals surface area contributed by atoms with Crippen LogP contribution >= 0.6 is 0 Å². The summed E-state index contributed by atoms with van der Waals surface area (Å²) >= 11 is 0. The first kappa shape index (κ1) is 26.9. The summed E-state index contributed by atoms with van der Waals surface area (Å²) in [5, 5.41) is 50.4. The van der Waals surface area contributed by atoms with E-state index in [-0.39, 0.29) is 25.2 Å². The third-order valence-corrected chi connectivity index (χ3v) is 3.90. The van der Waals surface area contributed by atoms with Crippen LogP contribution in [0, 0.1) is 5.92 Å². The zero-order valence-corrected chi connectivity index (χ0v) is 15.6. The zero-order chi connectivity index (χ0) is 19.8. The maximum absolute atomic E-state index is 9.53. The third-order valence-electron chi connectivity index (χ3n) is 3.90. The number of hydrogen-bond acceptors (Lipinski definition) is 9. The molecular formula is C16H36O9. The van der Waals surface area contributed by atoms with Crippen molar-refractivity contribution in [3.05, 3.63) is 0 Å². The minimum atomic E-state index is -1.05. The molecule has 2 fully saturated rings. The van der Waals surface area contributed by atoms with Crippen LogP contribution in [0.15, 0.2) is 0 Å². The Morgan fingerprint density at radius 2 is 1.56 bits per heavy atom. The average molecular weight is 372 g/mol. The monoisotopic (exact) mass is 372 g/mol. The van der Waals surface area contributed by atoms with E-state index >= 15 is 0 Å². The molecule has 0 aromatic carbocycles. The summed E-state index contributed by atoms with van der Waals surface area (Å²) in [7, 11) is 3.46. The lowest BCUT2D eigenvalue weighted by molar-refractivity contribution is -0.274. The highest BCUT2D eigenvalue weighted by Crippen LogP contribution is 2.25. The molecule has 0 aromatic rings. The highest BCUT2D eigenvalue weighted by atomic mass is 16.7. The SMILES string of the molecule is CO.CO.COC1OC(CO)C(O)C(O)C1C.OCC1CCCCO1. The molecule has 0 saturated carbocycles. The van der Waals surface area contributed by atoms with Gasteiger partial charge in [-0.15, -0.1) is 0 Å². The van der Waals surface area contributed by atoms with Crippen LogP contribution in [0.3, 0.4) is 0 Å². The van der Waals surface area contributed by atoms with Gasteiger partial charge in [0.25, 0.3) is 0 Å². The van der Waals surface area contributed by atoms with Gasteiger partial charge in [-0.25, -0.2) is 0 Å². The van der Waals surface area contributed by atoms with Crippen LogP contribution in [0.5, 0.6) is 0 Å². The smallest absolute Gasteiger partial charge is 0.162 e. The van der Waals surface area contributed by atoms with Crippen molar-refractivity contribution < 1.29 is 44.8 Å². The van der Waals surface area contributed by atoms with E-state index in [1.165, 1.54) is 13.5 Å². The van der Waals surface area contributed by atoms with E-state index in [1.807, 2.05) is 0 Å². The van der Waals surface area contributed by atoms with E-state index in [0.29, 0.717) is 0 Å². The molecule has 2 rings (SSSR count). The van der Waals surface area contributed by atoms with Gasteiger partial charge in [0.05, 0.1) is 25.4 Å². The summed E-state index contributed by atoms with van der Waals surface area (Å²) in [5.41, 5.74) is 0. The molecule has 154 valence electrons. The molecule has 9 heteroatoms. The molecule has 0 bridgehead atoms. The van der Waals surface area contributed by atoms with Crippen LogP contribution < -0.4 is 0 Å². The van der Waals surface area contributed by atoms with Crippen molar-refractivity contribution in [1.29, 1.82) is 0 Å². The molecule has 0 spiro atoms. The first-order chi connectivity index (χ1) is 12.0. The van der Waals surface area contributed by atoms with E-state index in [4.69, 9.17) is 34.6 Å². The molecule has 9 nitrogen and oxygen atoms in total. The Labute approximate surface area is 149 Å². The van der Waals surface area contributed by atoms with Gasteiger partial charge in [-0.3, -0.25) is 0 Å². The second-order valence-corrected chi connectivity index (χ2v) is 5.47. The number of ether oxygens (including phenoxy) is 3.